The Labute approximate surface area is 77.8 Å². The highest BCUT2D eigenvalue weighted by Gasteiger charge is 2.15. The van der Waals surface area contributed by atoms with Crippen LogP contribution in [0.2, 0.25) is 0 Å². The fraction of sp³-hybridized carbons (Fsp3) is 0.400. The fourth-order valence-corrected chi connectivity index (χ4v) is 1.32. The van der Waals surface area contributed by atoms with E-state index in [4.69, 9.17) is 0 Å². The Morgan fingerprint density at radius 3 is 3.08 bits per heavy atom. The number of carbonyl (C=O) groups excluding carboxylic acids is 1. The highest BCUT2D eigenvalue weighted by atomic mass is 16.6. The van der Waals surface area contributed by atoms with Crippen molar-refractivity contribution in [3.8, 4) is 0 Å². The lowest BCUT2D eigenvalue weighted by Gasteiger charge is -2.15. The minimum Gasteiger partial charge on any atom is -0.399 e. The average molecular weight is 179 g/mol. The molecule has 1 atom stereocenters. The first-order valence-corrected chi connectivity index (χ1v) is 4.23. The van der Waals surface area contributed by atoms with Crippen LogP contribution >= 0.6 is 0 Å². The molecule has 0 spiro atoms. The van der Waals surface area contributed by atoms with Crippen molar-refractivity contribution in [2.75, 3.05) is 7.11 Å². The summed E-state index contributed by atoms with van der Waals surface area (Å²) in [6.45, 7) is 2.06. The van der Waals surface area contributed by atoms with Crippen LogP contribution in [0.3, 0.4) is 0 Å². The molecule has 1 aliphatic rings. The monoisotopic (exact) mass is 179 g/mol. The van der Waals surface area contributed by atoms with Gasteiger partial charge in [0.2, 0.25) is 0 Å². The van der Waals surface area contributed by atoms with Crippen molar-refractivity contribution >= 4 is 12.0 Å². The highest BCUT2D eigenvalue weighted by molar-refractivity contribution is 6.36. The zero-order valence-corrected chi connectivity index (χ0v) is 7.86. The first-order chi connectivity index (χ1) is 6.29. The number of rotatable bonds is 3. The summed E-state index contributed by atoms with van der Waals surface area (Å²) in [6.07, 6.45) is 7.58. The first kappa shape index (κ1) is 9.71. The summed E-state index contributed by atoms with van der Waals surface area (Å²) in [5.74, 6) is 0.337. The zero-order valence-electron chi connectivity index (χ0n) is 7.86. The van der Waals surface area contributed by atoms with Gasteiger partial charge in [0.05, 0.1) is 0 Å². The van der Waals surface area contributed by atoms with Crippen LogP contribution in [-0.2, 0) is 9.63 Å². The van der Waals surface area contributed by atoms with Crippen LogP contribution in [0.4, 0.5) is 0 Å². The van der Waals surface area contributed by atoms with Gasteiger partial charge in [-0.15, -0.1) is 0 Å². The second-order valence-electron chi connectivity index (χ2n) is 2.96. The van der Waals surface area contributed by atoms with Gasteiger partial charge < -0.3 is 4.84 Å². The third-order valence-corrected chi connectivity index (χ3v) is 2.03. The predicted octanol–water partition coefficient (Wildman–Crippen LogP) is 1.71. The van der Waals surface area contributed by atoms with Gasteiger partial charge in [-0.25, -0.2) is 0 Å². The number of hydrogen-bond acceptors (Lipinski definition) is 3. The van der Waals surface area contributed by atoms with Crippen molar-refractivity contribution in [2.24, 2.45) is 11.1 Å². The van der Waals surface area contributed by atoms with E-state index >= 15 is 0 Å². The molecule has 0 saturated heterocycles. The van der Waals surface area contributed by atoms with Crippen molar-refractivity contribution in [1.82, 2.24) is 0 Å². The lowest BCUT2D eigenvalue weighted by Crippen LogP contribution is -2.13. The molecule has 1 rings (SSSR count). The van der Waals surface area contributed by atoms with Gasteiger partial charge in [0.25, 0.3) is 0 Å². The Morgan fingerprint density at radius 2 is 2.54 bits per heavy atom. The largest absolute Gasteiger partial charge is 0.399 e. The smallest absolute Gasteiger partial charge is 0.172 e. The van der Waals surface area contributed by atoms with E-state index in [0.717, 1.165) is 18.3 Å². The van der Waals surface area contributed by atoms with Gasteiger partial charge in [0, 0.05) is 0 Å². The molecule has 3 nitrogen and oxygen atoms in total. The Morgan fingerprint density at radius 1 is 1.77 bits per heavy atom. The fourth-order valence-electron chi connectivity index (χ4n) is 1.32. The molecule has 3 heteroatoms. The van der Waals surface area contributed by atoms with E-state index in [0.29, 0.717) is 11.6 Å². The summed E-state index contributed by atoms with van der Waals surface area (Å²) in [5, 5.41) is 3.66. The van der Waals surface area contributed by atoms with Gasteiger partial charge in [0.1, 0.15) is 12.8 Å². The summed E-state index contributed by atoms with van der Waals surface area (Å²) in [7, 11) is 1.44. The van der Waals surface area contributed by atoms with E-state index in [-0.39, 0.29) is 0 Å². The van der Waals surface area contributed by atoms with E-state index in [9.17, 15) is 4.79 Å². The van der Waals surface area contributed by atoms with Crippen molar-refractivity contribution in [3.05, 3.63) is 23.8 Å². The molecule has 0 radical (unpaired) electrons. The van der Waals surface area contributed by atoms with Crippen LogP contribution in [0.1, 0.15) is 13.3 Å². The first-order valence-electron chi connectivity index (χ1n) is 4.23. The maximum Gasteiger partial charge on any atom is 0.172 e. The minimum atomic E-state index is 0.337. The standard InChI is InChI=1S/C10H13NO2/c1-8-5-3-4-6-9(8)10(7-12)11-13-2/h3-4,6-8H,5H2,1-2H3/b11-10-. The molecule has 0 heterocycles. The molecule has 70 valence electrons. The quantitative estimate of drug-likeness (QED) is 0.376. The van der Waals surface area contributed by atoms with Crippen molar-refractivity contribution in [3.63, 3.8) is 0 Å². The Bertz CT molecular complexity index is 277. The van der Waals surface area contributed by atoms with E-state index in [2.05, 4.69) is 23.0 Å². The summed E-state index contributed by atoms with van der Waals surface area (Å²) in [6, 6.07) is 0. The van der Waals surface area contributed by atoms with E-state index in [1.54, 1.807) is 0 Å². The maximum atomic E-state index is 10.7. The van der Waals surface area contributed by atoms with Crippen LogP contribution in [0.5, 0.6) is 0 Å². The van der Waals surface area contributed by atoms with Gasteiger partial charge in [0.15, 0.2) is 6.29 Å². The van der Waals surface area contributed by atoms with Crippen LogP contribution in [-0.4, -0.2) is 19.1 Å². The number of aldehydes is 1. The summed E-state index contributed by atoms with van der Waals surface area (Å²) >= 11 is 0. The molecule has 0 aromatic heterocycles. The molecular weight excluding hydrogens is 166 g/mol. The predicted molar refractivity (Wildman–Crippen MR) is 51.5 cm³/mol. The Kier molecular flexibility index (Phi) is 3.43. The normalized spacial score (nSPS) is 22.5. The molecule has 13 heavy (non-hydrogen) atoms. The van der Waals surface area contributed by atoms with Gasteiger partial charge in [-0.2, -0.15) is 0 Å². The second kappa shape index (κ2) is 4.60. The molecule has 0 N–H and O–H groups in total. The summed E-state index contributed by atoms with van der Waals surface area (Å²) in [4.78, 5) is 15.3. The molecule has 1 unspecified atom stereocenters. The van der Waals surface area contributed by atoms with E-state index in [1.807, 2.05) is 12.2 Å². The molecule has 0 amide bonds. The molecule has 0 aromatic rings. The number of carbonyl (C=O) groups is 1. The highest BCUT2D eigenvalue weighted by Crippen LogP contribution is 2.20. The molecule has 0 fully saturated rings. The van der Waals surface area contributed by atoms with Gasteiger partial charge in [-0.3, -0.25) is 4.79 Å². The SMILES string of the molecule is CO/N=C(/C=O)C1=CC=CCC1C. The second-order valence-corrected chi connectivity index (χ2v) is 2.96. The van der Waals surface area contributed by atoms with Crippen LogP contribution in [0.15, 0.2) is 29.0 Å². The minimum absolute atomic E-state index is 0.337. The average Bonchev–Trinajstić information content (AvgIpc) is 2.16. The van der Waals surface area contributed by atoms with Crippen LogP contribution in [0, 0.1) is 5.92 Å². The molecule has 1 aliphatic carbocycles. The third kappa shape index (κ3) is 2.28. The maximum absolute atomic E-state index is 10.7. The third-order valence-electron chi connectivity index (χ3n) is 2.03. The molecule has 0 aliphatic heterocycles. The molecule has 0 aromatic carbocycles. The summed E-state index contributed by atoms with van der Waals surface area (Å²) in [5.41, 5.74) is 1.33. The van der Waals surface area contributed by atoms with Crippen molar-refractivity contribution in [1.29, 1.82) is 0 Å². The number of oxime groups is 1. The van der Waals surface area contributed by atoms with Crippen molar-refractivity contribution in [2.45, 2.75) is 13.3 Å². The Hall–Kier alpha value is -1.38. The molecular formula is C10H13NO2. The van der Waals surface area contributed by atoms with Gasteiger partial charge in [-0.1, -0.05) is 30.3 Å². The van der Waals surface area contributed by atoms with Crippen LogP contribution < -0.4 is 0 Å². The lowest BCUT2D eigenvalue weighted by molar-refractivity contribution is -0.102. The molecule has 0 saturated carbocycles. The zero-order chi connectivity index (χ0) is 9.68. The van der Waals surface area contributed by atoms with E-state index < -0.39 is 0 Å². The van der Waals surface area contributed by atoms with Gasteiger partial charge >= 0.3 is 0 Å². The van der Waals surface area contributed by atoms with Gasteiger partial charge in [-0.05, 0) is 17.9 Å². The number of nitrogens with zero attached hydrogens (tertiary/aromatic N) is 1. The summed E-state index contributed by atoms with van der Waals surface area (Å²) < 4.78 is 0. The lowest BCUT2D eigenvalue weighted by atomic mass is 9.90. The number of hydrogen-bond donors (Lipinski definition) is 0. The Balaban J connectivity index is 2.90. The van der Waals surface area contributed by atoms with E-state index in [1.165, 1.54) is 7.11 Å². The number of allylic oxidation sites excluding steroid dienone is 4. The van der Waals surface area contributed by atoms with Crippen LogP contribution in [0.25, 0.3) is 0 Å². The topological polar surface area (TPSA) is 38.7 Å². The molecule has 0 bridgehead atoms. The van der Waals surface area contributed by atoms with Crippen molar-refractivity contribution < 1.29 is 9.63 Å².